The minimum atomic E-state index is -3.59. The van der Waals surface area contributed by atoms with Crippen LogP contribution in [0.3, 0.4) is 0 Å². The molecule has 0 unspecified atom stereocenters. The summed E-state index contributed by atoms with van der Waals surface area (Å²) >= 11 is 0. The second-order valence-corrected chi connectivity index (χ2v) is 13.5. The first-order valence-electron chi connectivity index (χ1n) is 12.9. The molecule has 1 aliphatic rings. The van der Waals surface area contributed by atoms with Gasteiger partial charge in [0.25, 0.3) is 0 Å². The van der Waals surface area contributed by atoms with Crippen LogP contribution in [0.5, 0.6) is 0 Å². The predicted molar refractivity (Wildman–Crippen MR) is 211 cm³/mol. The highest BCUT2D eigenvalue weighted by Crippen LogP contribution is 2.75. The minimum absolute atomic E-state index is 0.0165. The van der Waals surface area contributed by atoms with Gasteiger partial charge >= 0.3 is 0 Å². The van der Waals surface area contributed by atoms with Gasteiger partial charge in [0.15, 0.2) is 0 Å². The van der Waals surface area contributed by atoms with E-state index in [2.05, 4.69) is 0 Å². The van der Waals surface area contributed by atoms with Crippen LogP contribution in [0.1, 0.15) is 0 Å². The van der Waals surface area contributed by atoms with Crippen LogP contribution < -0.4 is 103 Å². The molecule has 0 saturated heterocycles. The summed E-state index contributed by atoms with van der Waals surface area (Å²) in [7, 11) is 116. The van der Waals surface area contributed by atoms with E-state index in [0.717, 1.165) is 0 Å². The summed E-state index contributed by atoms with van der Waals surface area (Å²) in [6.07, 6.45) is 0. The second kappa shape index (κ2) is 11.4. The van der Waals surface area contributed by atoms with Crippen molar-refractivity contribution in [3.8, 4) is 0 Å². The lowest BCUT2D eigenvalue weighted by atomic mass is 9.62. The fourth-order valence-electron chi connectivity index (χ4n) is 5.90. The molecule has 1 heterocycles. The van der Waals surface area contributed by atoms with Gasteiger partial charge in [0.1, 0.15) is 141 Å². The maximum absolute atomic E-state index is 6.88. The van der Waals surface area contributed by atoms with Crippen LogP contribution in [0, 0.1) is 0 Å². The van der Waals surface area contributed by atoms with E-state index in [4.69, 9.17) is 141 Å². The van der Waals surface area contributed by atoms with Crippen molar-refractivity contribution in [2.75, 3.05) is 11.9 Å². The number of rotatable bonds is 2. The highest BCUT2D eigenvalue weighted by Gasteiger charge is 2.47. The van der Waals surface area contributed by atoms with E-state index in [1.54, 1.807) is 11.9 Å². The molecule has 168 valence electrons. The standard InChI is InChI=1S/C25H3B18NS/c1-44-20-12(36)4(28)10(34)18(42)24(20)45(22-14(38)6(30)2(26)7(31)15(22)39,23-16(40)8(32)3(27)9(33)17(23)41)25-19(43)11(35)5(29)13(37)21(25)44/h1H3. The zero-order valence-corrected chi connectivity index (χ0v) is 25.1. The van der Waals surface area contributed by atoms with Crippen LogP contribution in [-0.4, -0.2) is 148 Å². The lowest BCUT2D eigenvalue weighted by Gasteiger charge is -2.56. The Kier molecular flexibility index (Phi) is 8.76. The molecule has 20 heteroatoms. The zero-order chi connectivity index (χ0) is 33.9. The summed E-state index contributed by atoms with van der Waals surface area (Å²) in [4.78, 5) is 1.93. The number of benzene rings is 4. The lowest BCUT2D eigenvalue weighted by Crippen LogP contribution is -2.61. The van der Waals surface area contributed by atoms with Gasteiger partial charge in [0, 0.05) is 28.2 Å². The third-order valence-corrected chi connectivity index (χ3v) is 12.5. The summed E-state index contributed by atoms with van der Waals surface area (Å²) in [6, 6.07) is 0. The van der Waals surface area contributed by atoms with Crippen molar-refractivity contribution in [2.45, 2.75) is 19.6 Å². The van der Waals surface area contributed by atoms with E-state index >= 15 is 0 Å². The monoisotopic (exact) mass is 547 g/mol. The van der Waals surface area contributed by atoms with Crippen molar-refractivity contribution < 1.29 is 0 Å². The third-order valence-electron chi connectivity index (χ3n) is 8.37. The molecule has 0 fully saturated rings. The molecule has 0 aromatic heterocycles. The first-order valence-corrected chi connectivity index (χ1v) is 14.5. The van der Waals surface area contributed by atoms with Crippen LogP contribution >= 0.6 is 10.0 Å². The normalized spacial score (nSPS) is 14.1. The Balaban J connectivity index is 2.37. The highest BCUT2D eigenvalue weighted by molar-refractivity contribution is 8.35. The smallest absolute Gasteiger partial charge is 0.115 e. The number of nitrogens with zero attached hydrogens (tertiary/aromatic N) is 1. The number of fused-ring (bicyclic) bond motifs is 2. The molecule has 0 spiro atoms. The Morgan fingerprint density at radius 3 is 0.689 bits per heavy atom. The highest BCUT2D eigenvalue weighted by atomic mass is 32.3. The Morgan fingerprint density at radius 2 is 0.444 bits per heavy atom. The molecular weight excluding hydrogens is 541 g/mol. The molecule has 0 amide bonds. The Morgan fingerprint density at radius 1 is 0.267 bits per heavy atom. The van der Waals surface area contributed by atoms with Gasteiger partial charge < -0.3 is 4.90 Å². The molecule has 0 bridgehead atoms. The van der Waals surface area contributed by atoms with Crippen molar-refractivity contribution in [3.05, 3.63) is 0 Å². The molecule has 0 atom stereocenters. The van der Waals surface area contributed by atoms with E-state index in [-0.39, 0.29) is 129 Å². The molecule has 4 aromatic carbocycles. The molecular formula is C25H3B18NS. The van der Waals surface area contributed by atoms with Crippen LogP contribution in [0.15, 0.2) is 19.6 Å². The van der Waals surface area contributed by atoms with E-state index < -0.39 is 10.0 Å². The topological polar surface area (TPSA) is 3.24 Å². The summed E-state index contributed by atoms with van der Waals surface area (Å²) in [5, 5.41) is 0. The van der Waals surface area contributed by atoms with Gasteiger partial charge in [-0.05, 0) is 9.79 Å². The van der Waals surface area contributed by atoms with Crippen molar-refractivity contribution >= 4 is 261 Å². The number of anilines is 2. The Labute approximate surface area is 291 Å². The van der Waals surface area contributed by atoms with Crippen LogP contribution in [-0.2, 0) is 0 Å². The molecule has 0 aliphatic carbocycles. The van der Waals surface area contributed by atoms with Crippen LogP contribution in [0.4, 0.5) is 11.4 Å². The summed E-state index contributed by atoms with van der Waals surface area (Å²) < 4.78 is 0. The number of hydrogen-bond donors (Lipinski definition) is 0. The molecule has 36 radical (unpaired) electrons. The maximum Gasteiger partial charge on any atom is 0.115 e. The Hall–Kier alpha value is -1.80. The summed E-state index contributed by atoms with van der Waals surface area (Å²) in [5.74, 6) is 0. The Bertz CT molecular complexity index is 1820. The molecule has 5 rings (SSSR count). The zero-order valence-electron chi connectivity index (χ0n) is 24.2. The number of hydrogen-bond acceptors (Lipinski definition) is 1. The van der Waals surface area contributed by atoms with Gasteiger partial charge in [-0.3, -0.25) is 0 Å². The second-order valence-electron chi connectivity index (χ2n) is 10.6. The first kappa shape index (κ1) is 34.5. The van der Waals surface area contributed by atoms with Gasteiger partial charge in [0.2, 0.25) is 0 Å². The van der Waals surface area contributed by atoms with E-state index in [0.29, 0.717) is 0 Å². The van der Waals surface area contributed by atoms with Crippen LogP contribution in [0.2, 0.25) is 0 Å². The average molecular weight is 544 g/mol. The van der Waals surface area contributed by atoms with Gasteiger partial charge in [-0.1, -0.05) is 43.7 Å². The van der Waals surface area contributed by atoms with Crippen LogP contribution in [0.25, 0.3) is 0 Å². The predicted octanol–water partition coefficient (Wildman–Crippen LogP) is -14.6. The van der Waals surface area contributed by atoms with E-state index in [1.807, 2.05) is 0 Å². The first-order chi connectivity index (χ1) is 20.8. The van der Waals surface area contributed by atoms with Gasteiger partial charge in [-0.15, -0.1) is 64.7 Å². The quantitative estimate of drug-likeness (QED) is 0.227. The van der Waals surface area contributed by atoms with Crippen molar-refractivity contribution in [1.82, 2.24) is 0 Å². The fourth-order valence-corrected chi connectivity index (χ4v) is 10.8. The maximum atomic E-state index is 6.88. The molecule has 45 heavy (non-hydrogen) atoms. The van der Waals surface area contributed by atoms with Crippen molar-refractivity contribution in [2.24, 2.45) is 0 Å². The molecule has 0 saturated carbocycles. The van der Waals surface area contributed by atoms with E-state index in [1.165, 1.54) is 0 Å². The SMILES string of the molecule is [B]c1c([B])c([B])c(S2(c3c([B])c([B])c([B])c([B])c3[B])c3c([B])c([B])c([B])c([B])c3N(C)c3c([B])c([B])c([B])c([B])c32)c([B])c1[B]. The summed E-state index contributed by atoms with van der Waals surface area (Å²) in [6.45, 7) is 0. The molecule has 4 aromatic rings. The third kappa shape index (κ3) is 4.28. The van der Waals surface area contributed by atoms with Gasteiger partial charge in [-0.25, -0.2) is 0 Å². The largest absolute Gasteiger partial charge is 0.344 e. The van der Waals surface area contributed by atoms with Gasteiger partial charge in [-0.2, -0.15) is 0 Å². The average Bonchev–Trinajstić information content (AvgIpc) is 3.00. The lowest BCUT2D eigenvalue weighted by molar-refractivity contribution is 1.12. The molecule has 1 nitrogen and oxygen atoms in total. The van der Waals surface area contributed by atoms with Gasteiger partial charge in [0.05, 0.1) is 0 Å². The van der Waals surface area contributed by atoms with Crippen molar-refractivity contribution in [1.29, 1.82) is 0 Å². The summed E-state index contributed by atoms with van der Waals surface area (Å²) in [5.41, 5.74) is -1.43. The minimum Gasteiger partial charge on any atom is -0.344 e. The van der Waals surface area contributed by atoms with E-state index in [9.17, 15) is 0 Å². The molecule has 0 N–H and O–H groups in total. The van der Waals surface area contributed by atoms with Crippen molar-refractivity contribution in [3.63, 3.8) is 0 Å². The molecule has 1 aliphatic heterocycles. The fraction of sp³-hybridized carbons (Fsp3) is 0.0400.